The maximum absolute atomic E-state index is 6.34. The first-order valence-corrected chi connectivity index (χ1v) is 8.44. The summed E-state index contributed by atoms with van der Waals surface area (Å²) in [5.41, 5.74) is 6.34. The molecule has 0 aromatic rings. The summed E-state index contributed by atoms with van der Waals surface area (Å²) in [5, 5.41) is 0. The fraction of sp³-hybridized carbons (Fsp3) is 0.938. The van der Waals surface area contributed by atoms with Crippen LogP contribution in [-0.2, 0) is 0 Å². The van der Waals surface area contributed by atoms with Crippen LogP contribution in [0.4, 0.5) is 0 Å². The van der Waals surface area contributed by atoms with Gasteiger partial charge >= 0.3 is 0 Å². The van der Waals surface area contributed by atoms with Crippen molar-refractivity contribution in [3.63, 3.8) is 0 Å². The van der Waals surface area contributed by atoms with E-state index in [9.17, 15) is 0 Å². The molecule has 1 atom stereocenters. The van der Waals surface area contributed by atoms with Crippen molar-refractivity contribution in [2.75, 3.05) is 6.54 Å². The van der Waals surface area contributed by atoms with Crippen molar-refractivity contribution >= 4 is 5.96 Å². The van der Waals surface area contributed by atoms with Gasteiger partial charge in [0.05, 0.1) is 6.04 Å². The summed E-state index contributed by atoms with van der Waals surface area (Å²) >= 11 is 0. The minimum atomic E-state index is 0.513. The molecule has 3 rings (SSSR count). The van der Waals surface area contributed by atoms with Crippen LogP contribution in [0.3, 0.4) is 0 Å². The SMILES string of the molecule is NC(=NC1CCCCC1)N1CCCC1C1CCCC1. The lowest BCUT2D eigenvalue weighted by atomic mass is 9.95. The molecule has 0 radical (unpaired) electrons. The van der Waals surface area contributed by atoms with Crippen LogP contribution in [0, 0.1) is 5.92 Å². The lowest BCUT2D eigenvalue weighted by Crippen LogP contribution is -2.44. The Morgan fingerprint density at radius 2 is 1.53 bits per heavy atom. The number of likely N-dealkylation sites (tertiary alicyclic amines) is 1. The second-order valence-corrected chi connectivity index (χ2v) is 6.73. The first kappa shape index (κ1) is 13.3. The predicted octanol–water partition coefficient (Wildman–Crippen LogP) is 3.29. The summed E-state index contributed by atoms with van der Waals surface area (Å²) in [4.78, 5) is 7.31. The number of nitrogens with zero attached hydrogens (tertiary/aromatic N) is 2. The van der Waals surface area contributed by atoms with E-state index in [0.717, 1.165) is 18.4 Å². The summed E-state index contributed by atoms with van der Waals surface area (Å²) in [6, 6.07) is 1.22. The average molecular weight is 263 g/mol. The Bertz CT molecular complexity index is 314. The monoisotopic (exact) mass is 263 g/mol. The third-order valence-electron chi connectivity index (χ3n) is 5.43. The van der Waals surface area contributed by atoms with Gasteiger partial charge in [-0.15, -0.1) is 0 Å². The van der Waals surface area contributed by atoms with E-state index in [2.05, 4.69) is 4.90 Å². The van der Waals surface area contributed by atoms with Gasteiger partial charge in [0.2, 0.25) is 0 Å². The van der Waals surface area contributed by atoms with Crippen LogP contribution in [-0.4, -0.2) is 29.5 Å². The fourth-order valence-corrected chi connectivity index (χ4v) is 4.38. The predicted molar refractivity (Wildman–Crippen MR) is 80.2 cm³/mol. The molecule has 0 aromatic carbocycles. The molecule has 0 amide bonds. The van der Waals surface area contributed by atoms with Crippen molar-refractivity contribution in [2.45, 2.75) is 82.7 Å². The van der Waals surface area contributed by atoms with Gasteiger partial charge in [-0.05, 0) is 44.4 Å². The van der Waals surface area contributed by atoms with E-state index >= 15 is 0 Å². The summed E-state index contributed by atoms with van der Waals surface area (Å²) in [7, 11) is 0. The molecule has 108 valence electrons. The standard InChI is InChI=1S/C16H29N3/c17-16(18-14-9-2-1-3-10-14)19-12-6-11-15(19)13-7-4-5-8-13/h13-15H,1-12H2,(H2,17,18). The molecular weight excluding hydrogens is 234 g/mol. The van der Waals surface area contributed by atoms with Crippen LogP contribution in [0.15, 0.2) is 4.99 Å². The van der Waals surface area contributed by atoms with E-state index in [0.29, 0.717) is 12.1 Å². The van der Waals surface area contributed by atoms with E-state index in [1.807, 2.05) is 0 Å². The maximum atomic E-state index is 6.34. The molecule has 19 heavy (non-hydrogen) atoms. The van der Waals surface area contributed by atoms with E-state index in [-0.39, 0.29) is 0 Å². The first-order valence-electron chi connectivity index (χ1n) is 8.44. The smallest absolute Gasteiger partial charge is 0.191 e. The molecule has 0 aromatic heterocycles. The molecule has 2 saturated carbocycles. The largest absolute Gasteiger partial charge is 0.370 e. The van der Waals surface area contributed by atoms with Gasteiger partial charge in [0, 0.05) is 12.6 Å². The number of hydrogen-bond acceptors (Lipinski definition) is 1. The highest BCUT2D eigenvalue weighted by Gasteiger charge is 2.34. The van der Waals surface area contributed by atoms with Gasteiger partial charge < -0.3 is 10.6 Å². The van der Waals surface area contributed by atoms with Crippen molar-refractivity contribution in [1.82, 2.24) is 4.90 Å². The Balaban J connectivity index is 1.63. The molecule has 1 aliphatic heterocycles. The summed E-state index contributed by atoms with van der Waals surface area (Å²) in [6.45, 7) is 1.14. The topological polar surface area (TPSA) is 41.6 Å². The second kappa shape index (κ2) is 6.15. The quantitative estimate of drug-likeness (QED) is 0.613. The number of nitrogens with two attached hydrogens (primary N) is 1. The lowest BCUT2D eigenvalue weighted by Gasteiger charge is -2.31. The molecule has 1 unspecified atom stereocenters. The molecule has 3 nitrogen and oxygen atoms in total. The van der Waals surface area contributed by atoms with Gasteiger partial charge in [-0.1, -0.05) is 32.1 Å². The van der Waals surface area contributed by atoms with Crippen LogP contribution in [0.25, 0.3) is 0 Å². The van der Waals surface area contributed by atoms with E-state index < -0.39 is 0 Å². The maximum Gasteiger partial charge on any atom is 0.191 e. The van der Waals surface area contributed by atoms with Crippen LogP contribution in [0.5, 0.6) is 0 Å². The van der Waals surface area contributed by atoms with Gasteiger partial charge in [-0.2, -0.15) is 0 Å². The van der Waals surface area contributed by atoms with Crippen LogP contribution in [0.1, 0.15) is 70.6 Å². The molecule has 3 heteroatoms. The van der Waals surface area contributed by atoms with Crippen molar-refractivity contribution < 1.29 is 0 Å². The molecular formula is C16H29N3. The summed E-state index contributed by atoms with van der Waals surface area (Å²) < 4.78 is 0. The van der Waals surface area contributed by atoms with Crippen molar-refractivity contribution in [2.24, 2.45) is 16.6 Å². The van der Waals surface area contributed by atoms with Crippen molar-refractivity contribution in [3.8, 4) is 0 Å². The highest BCUT2D eigenvalue weighted by Crippen LogP contribution is 2.35. The van der Waals surface area contributed by atoms with Gasteiger partial charge in [0.1, 0.15) is 0 Å². The lowest BCUT2D eigenvalue weighted by molar-refractivity contribution is 0.276. The van der Waals surface area contributed by atoms with E-state index in [1.165, 1.54) is 70.6 Å². The van der Waals surface area contributed by atoms with E-state index in [1.54, 1.807) is 0 Å². The Morgan fingerprint density at radius 3 is 2.26 bits per heavy atom. The molecule has 3 fully saturated rings. The van der Waals surface area contributed by atoms with Gasteiger partial charge in [-0.25, -0.2) is 4.99 Å². The Morgan fingerprint density at radius 1 is 0.842 bits per heavy atom. The number of guanidine groups is 1. The zero-order chi connectivity index (χ0) is 13.1. The molecule has 2 N–H and O–H groups in total. The van der Waals surface area contributed by atoms with Gasteiger partial charge in [0.15, 0.2) is 5.96 Å². The molecule has 2 aliphatic carbocycles. The minimum absolute atomic E-state index is 0.513. The number of rotatable bonds is 2. The zero-order valence-electron chi connectivity index (χ0n) is 12.2. The van der Waals surface area contributed by atoms with Crippen LogP contribution in [0.2, 0.25) is 0 Å². The van der Waals surface area contributed by atoms with Crippen molar-refractivity contribution in [1.29, 1.82) is 0 Å². The summed E-state index contributed by atoms with van der Waals surface area (Å²) in [5.74, 6) is 1.75. The van der Waals surface area contributed by atoms with Gasteiger partial charge in [0.25, 0.3) is 0 Å². The Hall–Kier alpha value is -0.730. The van der Waals surface area contributed by atoms with Crippen LogP contribution >= 0.6 is 0 Å². The number of aliphatic imine (C=N–C) groups is 1. The van der Waals surface area contributed by atoms with Crippen molar-refractivity contribution in [3.05, 3.63) is 0 Å². The molecule has 3 aliphatic rings. The third kappa shape index (κ3) is 3.06. The molecule has 1 heterocycles. The summed E-state index contributed by atoms with van der Waals surface area (Å²) in [6.07, 6.45) is 14.9. The molecule has 0 bridgehead atoms. The molecule has 0 spiro atoms. The zero-order valence-corrected chi connectivity index (χ0v) is 12.2. The Kier molecular flexibility index (Phi) is 4.29. The normalized spacial score (nSPS) is 31.3. The molecule has 1 saturated heterocycles. The highest BCUT2D eigenvalue weighted by atomic mass is 15.3. The number of hydrogen-bond donors (Lipinski definition) is 1. The second-order valence-electron chi connectivity index (χ2n) is 6.73. The van der Waals surface area contributed by atoms with Gasteiger partial charge in [-0.3, -0.25) is 0 Å². The third-order valence-corrected chi connectivity index (χ3v) is 5.43. The highest BCUT2D eigenvalue weighted by molar-refractivity contribution is 5.79. The Labute approximate surface area is 117 Å². The minimum Gasteiger partial charge on any atom is -0.370 e. The van der Waals surface area contributed by atoms with Crippen LogP contribution < -0.4 is 5.73 Å². The first-order chi connectivity index (χ1) is 9.34. The average Bonchev–Trinajstić information content (AvgIpc) is 3.10. The fourth-order valence-electron chi connectivity index (χ4n) is 4.38. The van der Waals surface area contributed by atoms with E-state index in [4.69, 9.17) is 10.7 Å².